The Morgan fingerprint density at radius 1 is 0.553 bits per heavy atom. The first-order chi connectivity index (χ1) is 22.8. The van der Waals surface area contributed by atoms with Gasteiger partial charge in [0.25, 0.3) is 0 Å². The summed E-state index contributed by atoms with van der Waals surface area (Å²) in [5.74, 6) is -3.18. The Bertz CT molecular complexity index is 2220. The molecule has 2 nitrogen and oxygen atoms in total. The molecule has 0 N–H and O–H groups in total. The number of fused-ring (bicyclic) bond motifs is 2. The molecule has 4 aromatic carbocycles. The van der Waals surface area contributed by atoms with Crippen molar-refractivity contribution < 1.29 is 34.2 Å². The van der Waals surface area contributed by atoms with Crippen molar-refractivity contribution in [2.75, 3.05) is 0 Å². The number of benzene rings is 4. The predicted octanol–water partition coefficient (Wildman–Crippen LogP) is 9.54. The third-order valence-electron chi connectivity index (χ3n) is 9.67. The van der Waals surface area contributed by atoms with Crippen molar-refractivity contribution >= 4 is 29.5 Å². The molecule has 7 heteroatoms. The Balaban J connectivity index is 1.50. The SMILES string of the molecule is Cc1cc2ccccc2n1-c1ccc(F)[c]([Ti]([C]2=CC=CC2)([C]2=CC=CC2)[c]2c(F)ccc(-n3c(C)cc4ccccc43)c2F)c1F. The van der Waals surface area contributed by atoms with Gasteiger partial charge in [-0.2, -0.15) is 0 Å². The van der Waals surface area contributed by atoms with Gasteiger partial charge in [-0.1, -0.05) is 0 Å². The molecule has 0 saturated carbocycles. The monoisotopic (exact) mass is 662 g/mol. The van der Waals surface area contributed by atoms with E-state index >= 15 is 17.6 Å². The van der Waals surface area contributed by atoms with E-state index in [1.807, 2.05) is 111 Å². The van der Waals surface area contributed by atoms with E-state index in [4.69, 9.17) is 0 Å². The Morgan fingerprint density at radius 3 is 1.38 bits per heavy atom. The summed E-state index contributed by atoms with van der Waals surface area (Å²) in [5.41, 5.74) is 3.35. The van der Waals surface area contributed by atoms with Crippen LogP contribution in [0, 0.1) is 37.1 Å². The molecule has 0 unspecified atom stereocenters. The van der Waals surface area contributed by atoms with Crippen molar-refractivity contribution in [2.24, 2.45) is 0 Å². The molecule has 8 rings (SSSR count). The number of hydrogen-bond donors (Lipinski definition) is 0. The number of aryl methyl sites for hydroxylation is 2. The van der Waals surface area contributed by atoms with Crippen LogP contribution in [0.4, 0.5) is 17.6 Å². The van der Waals surface area contributed by atoms with E-state index in [-0.39, 0.29) is 19.1 Å². The first kappa shape index (κ1) is 29.7. The number of aromatic nitrogens is 2. The second kappa shape index (κ2) is 11.3. The fourth-order valence-corrected chi connectivity index (χ4v) is 16.0. The average molecular weight is 663 g/mol. The molecule has 6 aromatic rings. The van der Waals surface area contributed by atoms with Crippen LogP contribution in [-0.4, -0.2) is 9.13 Å². The molecular weight excluding hydrogens is 632 g/mol. The van der Waals surface area contributed by atoms with E-state index in [0.717, 1.165) is 33.2 Å². The summed E-state index contributed by atoms with van der Waals surface area (Å²) in [7, 11) is 0. The minimum atomic E-state index is -5.06. The molecule has 2 heterocycles. The van der Waals surface area contributed by atoms with Gasteiger partial charge < -0.3 is 0 Å². The molecule has 2 aliphatic carbocycles. The van der Waals surface area contributed by atoms with E-state index in [2.05, 4.69) is 0 Å². The Morgan fingerprint density at radius 2 is 0.979 bits per heavy atom. The molecule has 0 aliphatic heterocycles. The van der Waals surface area contributed by atoms with Crippen molar-refractivity contribution in [3.05, 3.63) is 164 Å². The molecule has 2 aliphatic rings. The Hall–Kier alpha value is -4.65. The van der Waals surface area contributed by atoms with Gasteiger partial charge in [0.05, 0.1) is 0 Å². The number of halogens is 4. The van der Waals surface area contributed by atoms with Gasteiger partial charge in [-0.15, -0.1) is 0 Å². The first-order valence-electron chi connectivity index (χ1n) is 15.7. The standard InChI is InChI=1S/2C15H10F2N.2C5H5.Ti/c2*1-10-8-11-4-2-3-5-14(11)18(10)15-7-6-12(16)9-13(15)17;2*1-2-4-5-3-1;/h2*2-8H,1H3;2*1-3H,4H2;. The van der Waals surface area contributed by atoms with E-state index in [1.165, 1.54) is 24.3 Å². The fraction of sp³-hybridized carbons (Fsp3) is 0.100. The zero-order valence-corrected chi connectivity index (χ0v) is 27.4. The zero-order chi connectivity index (χ0) is 32.4. The zero-order valence-electron chi connectivity index (χ0n) is 25.9. The van der Waals surface area contributed by atoms with Crippen LogP contribution in [0.2, 0.25) is 0 Å². The van der Waals surface area contributed by atoms with E-state index in [9.17, 15) is 0 Å². The van der Waals surface area contributed by atoms with Crippen LogP contribution in [0.15, 0.2) is 129 Å². The molecule has 0 fully saturated rings. The van der Waals surface area contributed by atoms with Crippen LogP contribution in [0.5, 0.6) is 0 Å². The average Bonchev–Trinajstić information content (AvgIpc) is 3.88. The van der Waals surface area contributed by atoms with Crippen LogP contribution in [0.3, 0.4) is 0 Å². The number of para-hydroxylation sites is 2. The van der Waals surface area contributed by atoms with Crippen LogP contribution >= 0.6 is 0 Å². The van der Waals surface area contributed by atoms with Gasteiger partial charge in [-0.3, -0.25) is 0 Å². The molecule has 0 atom stereocenters. The summed E-state index contributed by atoms with van der Waals surface area (Å²) in [6, 6.07) is 24.5. The topological polar surface area (TPSA) is 9.86 Å². The first-order valence-corrected chi connectivity index (χ1v) is 18.8. The molecule has 0 amide bonds. The van der Waals surface area contributed by atoms with Gasteiger partial charge in [0.15, 0.2) is 0 Å². The summed E-state index contributed by atoms with van der Waals surface area (Å²) < 4.78 is 73.2. The van der Waals surface area contributed by atoms with Gasteiger partial charge in [-0.05, 0) is 0 Å². The molecule has 232 valence electrons. The molecular formula is C40H30F4N2Ti. The van der Waals surface area contributed by atoms with Crippen LogP contribution in [0.1, 0.15) is 24.2 Å². The van der Waals surface area contributed by atoms with Gasteiger partial charge in [0, 0.05) is 0 Å². The van der Waals surface area contributed by atoms with Crippen LogP contribution in [0.25, 0.3) is 33.2 Å². The van der Waals surface area contributed by atoms with Gasteiger partial charge >= 0.3 is 275 Å². The van der Waals surface area contributed by atoms with Crippen molar-refractivity contribution in [3.8, 4) is 11.4 Å². The second-order valence-electron chi connectivity index (χ2n) is 12.3. The molecule has 0 bridgehead atoms. The van der Waals surface area contributed by atoms with E-state index in [1.54, 1.807) is 9.13 Å². The van der Waals surface area contributed by atoms with Gasteiger partial charge in [0.1, 0.15) is 0 Å². The summed E-state index contributed by atoms with van der Waals surface area (Å²) in [4.78, 5) is 0. The van der Waals surface area contributed by atoms with Crippen molar-refractivity contribution in [1.29, 1.82) is 0 Å². The van der Waals surface area contributed by atoms with Crippen LogP contribution in [-0.2, 0) is 16.6 Å². The fourth-order valence-electron chi connectivity index (χ4n) is 7.77. The third kappa shape index (κ3) is 4.35. The van der Waals surface area contributed by atoms with Gasteiger partial charge in [0.2, 0.25) is 0 Å². The summed E-state index contributed by atoms with van der Waals surface area (Å²) in [5, 5.41) is 1.82. The Kier molecular flexibility index (Phi) is 7.12. The number of rotatable bonds is 6. The molecule has 0 spiro atoms. The Labute approximate surface area is 273 Å². The third-order valence-corrected chi connectivity index (χ3v) is 17.6. The minimum absolute atomic E-state index is 0.150. The molecule has 2 aromatic heterocycles. The summed E-state index contributed by atoms with van der Waals surface area (Å²) in [6.07, 6.45) is 11.8. The maximum absolute atomic E-state index is 17.6. The van der Waals surface area contributed by atoms with Crippen LogP contribution < -0.4 is 7.74 Å². The molecule has 0 radical (unpaired) electrons. The normalized spacial score (nSPS) is 14.5. The number of allylic oxidation sites excluding steroid dienone is 8. The van der Waals surface area contributed by atoms with E-state index in [0.29, 0.717) is 20.6 Å². The maximum atomic E-state index is 17.6. The predicted molar refractivity (Wildman–Crippen MR) is 179 cm³/mol. The van der Waals surface area contributed by atoms with E-state index < -0.39 is 39.9 Å². The number of nitrogens with zero attached hydrogens (tertiary/aromatic N) is 2. The van der Waals surface area contributed by atoms with Crippen molar-refractivity contribution in [2.45, 2.75) is 26.7 Å². The van der Waals surface area contributed by atoms with Crippen molar-refractivity contribution in [3.63, 3.8) is 0 Å². The summed E-state index contributed by atoms with van der Waals surface area (Å²) >= 11 is -5.06. The number of hydrogen-bond acceptors (Lipinski definition) is 0. The molecule has 47 heavy (non-hydrogen) atoms. The molecule has 0 saturated heterocycles. The quantitative estimate of drug-likeness (QED) is 0.124. The summed E-state index contributed by atoms with van der Waals surface area (Å²) in [6.45, 7) is 3.74. The van der Waals surface area contributed by atoms with Crippen molar-refractivity contribution in [1.82, 2.24) is 9.13 Å². The van der Waals surface area contributed by atoms with Gasteiger partial charge in [-0.25, -0.2) is 0 Å². The second-order valence-corrected chi connectivity index (χ2v) is 18.2.